The van der Waals surface area contributed by atoms with Gasteiger partial charge in [0.25, 0.3) is 0 Å². The van der Waals surface area contributed by atoms with Gasteiger partial charge in [-0.3, -0.25) is 4.90 Å². The van der Waals surface area contributed by atoms with Gasteiger partial charge in [0.2, 0.25) is 0 Å². The zero-order chi connectivity index (χ0) is 104. The second-order valence-electron chi connectivity index (χ2n) is 34.2. The molecule has 838 valence electrons. The van der Waals surface area contributed by atoms with Crippen molar-refractivity contribution in [3.8, 4) is 0 Å². The molecule has 25 N–H and O–H groups in total. The van der Waals surface area contributed by atoms with Crippen LogP contribution in [0.1, 0.15) is 30.9 Å². The normalized spacial score (nSPS) is 17.7. The lowest BCUT2D eigenvalue weighted by atomic mass is 9.88. The largest absolute Gasteiger partial charge is 0.394 e. The summed E-state index contributed by atoms with van der Waals surface area (Å²) in [7, 11) is 0. The molecule has 0 bridgehead atoms. The number of aliphatic hydroxyl groups excluding tert-OH is 25. The van der Waals surface area contributed by atoms with Crippen LogP contribution < -0.4 is 0 Å². The average Bonchev–Trinajstić information content (AvgIpc) is 0.859. The summed E-state index contributed by atoms with van der Waals surface area (Å²) >= 11 is 0. The van der Waals surface area contributed by atoms with E-state index >= 15 is 0 Å². The Hall–Kier alpha value is -3.56. The van der Waals surface area contributed by atoms with Crippen LogP contribution in [0.4, 0.5) is 0 Å². The fraction of sp³-hybridized carbons (Fsp3) is 0.870. The minimum atomic E-state index is -1.37. The van der Waals surface area contributed by atoms with Crippen molar-refractivity contribution in [2.75, 3.05) is 337 Å². The Kier molecular flexibility index (Phi) is 84.4. The molecular weight excluding hydrogens is 1900 g/mol. The molecule has 0 fully saturated rings. The molecule has 0 amide bonds. The van der Waals surface area contributed by atoms with E-state index in [1.54, 1.807) is 6.92 Å². The lowest BCUT2D eigenvalue weighted by molar-refractivity contribution is -0.154. The van der Waals surface area contributed by atoms with Gasteiger partial charge in [0.05, 0.1) is 324 Å². The van der Waals surface area contributed by atoms with Crippen molar-refractivity contribution in [3.05, 3.63) is 71.8 Å². The van der Waals surface area contributed by atoms with Crippen molar-refractivity contribution >= 4 is 0 Å². The van der Waals surface area contributed by atoms with E-state index in [2.05, 4.69) is 29.2 Å². The summed E-state index contributed by atoms with van der Waals surface area (Å²) < 4.78 is 144. The van der Waals surface area contributed by atoms with E-state index in [-0.39, 0.29) is 231 Å². The van der Waals surface area contributed by atoms with E-state index in [1.165, 1.54) is 0 Å². The van der Waals surface area contributed by atoms with Gasteiger partial charge in [-0.05, 0) is 24.0 Å². The summed E-state index contributed by atoms with van der Waals surface area (Å²) in [6.45, 7) is -15.4. The first-order valence-corrected chi connectivity index (χ1v) is 47.9. The van der Waals surface area contributed by atoms with Crippen LogP contribution in [0.25, 0.3) is 0 Å². The molecule has 0 aliphatic heterocycles. The minimum Gasteiger partial charge on any atom is -0.394 e. The highest BCUT2D eigenvalue weighted by molar-refractivity contribution is 5.17. The van der Waals surface area contributed by atoms with E-state index in [1.807, 2.05) is 36.4 Å². The standard InChI is InChI=1S/C92H171NO49/c1-2-92(64-131-60-88(139-44-80(116)36-120-29-69(105)18-94)56-127-52-84(135-40-76(112)25-101)48-122-31-71(107)20-96,65-132-61-89(140-45-82(118)38-126-47-83(28-104)134-39-75(111)24-100)57-128-53-85(136-41-77(113)26-102)49-123-32-72(108)21-97)66-133-62-90(142-63-91(141-46-81(117)37-121-30-70(106)19-95)59-130-54-86(137-42-78(114)27-103)50-124-33-73(109)22-98)58-129-55-87(51-125-34-74(110)23-99)138-43-79(115)35-119-15-9-14-93(16-67-10-5-3-6-11-67)17-68-12-7-4-8-13-68/h3-8,10-13,69-91,94-118H,2,9,14-66H2,1H3. The molecule has 0 aromatic heterocycles. The number of ether oxygens (including phenoxy) is 24. The zero-order valence-corrected chi connectivity index (χ0v) is 81.9. The van der Waals surface area contributed by atoms with Gasteiger partial charge in [-0.2, -0.15) is 0 Å². The maximum atomic E-state index is 11.3. The lowest BCUT2D eigenvalue weighted by Gasteiger charge is -2.34. The number of benzene rings is 2. The molecule has 0 spiro atoms. The molecule has 0 heterocycles. The first-order valence-electron chi connectivity index (χ1n) is 47.9. The Morgan fingerprint density at radius 2 is 0.387 bits per heavy atom. The quantitative estimate of drug-likeness (QED) is 0.0274. The van der Waals surface area contributed by atoms with E-state index in [0.29, 0.717) is 26.1 Å². The molecule has 0 aliphatic rings. The Morgan fingerprint density at radius 1 is 0.204 bits per heavy atom. The topological polar surface area (TPSA) is 731 Å². The van der Waals surface area contributed by atoms with E-state index in [9.17, 15) is 128 Å². The molecule has 50 nitrogen and oxygen atoms in total. The van der Waals surface area contributed by atoms with E-state index < -0.39 is 252 Å². The Bertz CT molecular complexity index is 3000. The van der Waals surface area contributed by atoms with Gasteiger partial charge in [-0.1, -0.05) is 67.6 Å². The smallest absolute Gasteiger partial charge is 0.104 e. The molecule has 24 unspecified atom stereocenters. The third-order valence-corrected chi connectivity index (χ3v) is 20.2. The highest BCUT2D eigenvalue weighted by Gasteiger charge is 2.34. The Balaban J connectivity index is 2.92. The van der Waals surface area contributed by atoms with Crippen molar-refractivity contribution in [1.82, 2.24) is 4.90 Å². The average molecular weight is 2080 g/mol. The summed E-state index contributed by atoms with van der Waals surface area (Å²) in [5, 5.41) is 251. The number of rotatable bonds is 105. The van der Waals surface area contributed by atoms with Crippen molar-refractivity contribution in [2.24, 2.45) is 5.41 Å². The van der Waals surface area contributed by atoms with Crippen LogP contribution in [0, 0.1) is 5.41 Å². The molecule has 0 radical (unpaired) electrons. The van der Waals surface area contributed by atoms with Gasteiger partial charge >= 0.3 is 0 Å². The van der Waals surface area contributed by atoms with E-state index in [4.69, 9.17) is 114 Å². The number of hydrogen-bond donors (Lipinski definition) is 25. The lowest BCUT2D eigenvalue weighted by Crippen LogP contribution is -2.42. The summed E-state index contributed by atoms with van der Waals surface area (Å²) in [6.07, 6.45) is -26.7. The van der Waals surface area contributed by atoms with Gasteiger partial charge in [-0.25, -0.2) is 0 Å². The van der Waals surface area contributed by atoms with Crippen molar-refractivity contribution in [3.63, 3.8) is 0 Å². The maximum absolute atomic E-state index is 11.3. The van der Waals surface area contributed by atoms with Gasteiger partial charge < -0.3 is 241 Å². The number of hydrogen-bond acceptors (Lipinski definition) is 50. The van der Waals surface area contributed by atoms with Crippen LogP contribution >= 0.6 is 0 Å². The molecule has 50 heteroatoms. The SMILES string of the molecule is CCC(COCC(COCC(COCC(O)CO)OCC(O)CO)OCC(O)COCC(O)CO)(COCC(COCC(COCC(O)CO)OCC(O)CO)OCC(O)COCC(CO)OCC(O)CO)COCC(COCC(COCC(O)CO)OCC(O)COCCCN(Cc1ccccc1)Cc1ccccc1)OCC(COCC(COCC(O)CO)OCC(O)CO)OCC(O)COCC(O)CO. The third-order valence-electron chi connectivity index (χ3n) is 20.2. The van der Waals surface area contributed by atoms with Crippen molar-refractivity contribution < 1.29 is 241 Å². The molecule has 24 atom stereocenters. The van der Waals surface area contributed by atoms with Gasteiger partial charge in [0, 0.05) is 31.7 Å². The zero-order valence-electron chi connectivity index (χ0n) is 81.9. The summed E-state index contributed by atoms with van der Waals surface area (Å²) in [5.41, 5.74) is 0.989. The highest BCUT2D eigenvalue weighted by atomic mass is 16.6. The molecule has 0 saturated heterocycles. The molecule has 2 aromatic rings. The maximum Gasteiger partial charge on any atom is 0.104 e. The number of nitrogens with zero attached hydrogens (tertiary/aromatic N) is 1. The molecule has 0 aliphatic carbocycles. The van der Waals surface area contributed by atoms with Gasteiger partial charge in [-0.15, -0.1) is 0 Å². The molecular formula is C92H171NO49. The van der Waals surface area contributed by atoms with Crippen LogP contribution in [-0.4, -0.2) is 610 Å². The second kappa shape index (κ2) is 89.1. The Labute approximate surface area is 830 Å². The summed E-state index contributed by atoms with van der Waals surface area (Å²) in [4.78, 5) is 2.30. The predicted octanol–water partition coefficient (Wildman–Crippen LogP) is -10.8. The molecule has 0 saturated carbocycles. The monoisotopic (exact) mass is 2070 g/mol. The second-order valence-corrected chi connectivity index (χ2v) is 34.2. The third kappa shape index (κ3) is 72.8. The summed E-state index contributed by atoms with van der Waals surface area (Å²) in [6, 6.07) is 20.1. The van der Waals surface area contributed by atoms with Crippen LogP contribution in [0.5, 0.6) is 0 Å². The van der Waals surface area contributed by atoms with Crippen LogP contribution in [-0.2, 0) is 127 Å². The van der Waals surface area contributed by atoms with Crippen molar-refractivity contribution in [2.45, 2.75) is 173 Å². The first-order chi connectivity index (χ1) is 68.6. The van der Waals surface area contributed by atoms with Gasteiger partial charge in [0.15, 0.2) is 0 Å². The van der Waals surface area contributed by atoms with Crippen molar-refractivity contribution in [1.29, 1.82) is 0 Å². The van der Waals surface area contributed by atoms with E-state index in [0.717, 1.165) is 11.1 Å². The summed E-state index contributed by atoms with van der Waals surface area (Å²) in [5.74, 6) is 0. The van der Waals surface area contributed by atoms with Crippen LogP contribution in [0.2, 0.25) is 0 Å². The van der Waals surface area contributed by atoms with Gasteiger partial charge in [0.1, 0.15) is 140 Å². The first kappa shape index (κ1) is 134. The predicted molar refractivity (Wildman–Crippen MR) is 496 cm³/mol. The Morgan fingerprint density at radius 3 is 0.627 bits per heavy atom. The molecule has 142 heavy (non-hydrogen) atoms. The molecule has 2 rings (SSSR count). The van der Waals surface area contributed by atoms with Crippen LogP contribution in [0.3, 0.4) is 0 Å². The highest BCUT2D eigenvalue weighted by Crippen LogP contribution is 2.26. The fourth-order valence-corrected chi connectivity index (χ4v) is 12.1. The minimum absolute atomic E-state index is 0.133. The van der Waals surface area contributed by atoms with Crippen LogP contribution in [0.15, 0.2) is 60.7 Å². The number of aliphatic hydroxyl groups is 25. The molecule has 2 aromatic carbocycles. The fourth-order valence-electron chi connectivity index (χ4n) is 12.1.